The minimum absolute atomic E-state index is 0.118. The van der Waals surface area contributed by atoms with Gasteiger partial charge in [-0.25, -0.2) is 9.37 Å². The Morgan fingerprint density at radius 3 is 2.31 bits per heavy atom. The van der Waals surface area contributed by atoms with Gasteiger partial charge in [0.05, 0.1) is 30.1 Å². The molecule has 1 fully saturated rings. The summed E-state index contributed by atoms with van der Waals surface area (Å²) in [7, 11) is 1.37. The van der Waals surface area contributed by atoms with E-state index < -0.39 is 5.82 Å². The van der Waals surface area contributed by atoms with Crippen molar-refractivity contribution in [2.45, 2.75) is 32.6 Å². The number of hydrogen-bond acceptors (Lipinski definition) is 6. The Morgan fingerprint density at radius 1 is 0.971 bits per heavy atom. The van der Waals surface area contributed by atoms with Crippen LogP contribution in [0.4, 0.5) is 27.3 Å². The number of amides is 1. The first-order valence-corrected chi connectivity index (χ1v) is 11.6. The van der Waals surface area contributed by atoms with Gasteiger partial charge in [-0.15, -0.1) is 0 Å². The molecule has 182 valence electrons. The number of aromatic nitrogens is 1. The molecule has 0 radical (unpaired) electrons. The second kappa shape index (κ2) is 10.5. The maximum atomic E-state index is 15.2. The summed E-state index contributed by atoms with van der Waals surface area (Å²) >= 11 is 0. The van der Waals surface area contributed by atoms with Gasteiger partial charge in [-0.05, 0) is 56.9 Å². The smallest absolute Gasteiger partial charge is 0.308 e. The van der Waals surface area contributed by atoms with Crippen molar-refractivity contribution in [2.75, 3.05) is 23.5 Å². The molecule has 3 aromatic rings. The molecule has 7 nitrogen and oxygen atoms in total. The average molecular weight is 477 g/mol. The van der Waals surface area contributed by atoms with Crippen molar-refractivity contribution in [3.05, 3.63) is 66.0 Å². The number of nitrogen functional groups attached to an aromatic ring is 1. The number of carbonyl (C=O) groups excluding carboxylic acids is 2. The van der Waals surface area contributed by atoms with Gasteiger partial charge in [0.25, 0.3) is 0 Å². The number of ether oxygens (including phenoxy) is 1. The number of nitrogens with two attached hydrogens (primary N) is 1. The van der Waals surface area contributed by atoms with E-state index in [4.69, 9.17) is 10.5 Å². The van der Waals surface area contributed by atoms with Crippen LogP contribution in [-0.4, -0.2) is 24.0 Å². The lowest BCUT2D eigenvalue weighted by Gasteiger charge is -2.26. The molecule has 0 bridgehead atoms. The summed E-state index contributed by atoms with van der Waals surface area (Å²) in [6, 6.07) is 16.5. The minimum Gasteiger partial charge on any atom is -0.469 e. The van der Waals surface area contributed by atoms with Crippen LogP contribution in [-0.2, 0) is 14.3 Å². The van der Waals surface area contributed by atoms with Crippen molar-refractivity contribution >= 4 is 34.8 Å². The summed E-state index contributed by atoms with van der Waals surface area (Å²) in [6.07, 6.45) is 2.31. The summed E-state index contributed by atoms with van der Waals surface area (Å²) in [5.74, 6) is -1.02. The lowest BCUT2D eigenvalue weighted by atomic mass is 9.81. The molecule has 1 aliphatic carbocycles. The van der Waals surface area contributed by atoms with Crippen LogP contribution in [0.1, 0.15) is 31.2 Å². The van der Waals surface area contributed by atoms with Crippen molar-refractivity contribution in [3.63, 3.8) is 0 Å². The minimum atomic E-state index is -0.524. The third-order valence-corrected chi connectivity index (χ3v) is 6.53. The van der Waals surface area contributed by atoms with E-state index in [-0.39, 0.29) is 29.4 Å². The number of halogens is 1. The number of benzene rings is 2. The van der Waals surface area contributed by atoms with Gasteiger partial charge in [-0.1, -0.05) is 30.3 Å². The number of carbonyl (C=O) groups is 2. The third kappa shape index (κ3) is 5.42. The topological polar surface area (TPSA) is 106 Å². The SMILES string of the molecule is COC(=O)C1CCC(C(=O)Nc2ccc(Nc3nc(-c4ccccc4)ccc3N)c(C)c2F)CC1. The Hall–Kier alpha value is -3.94. The molecular weight excluding hydrogens is 447 g/mol. The molecule has 0 atom stereocenters. The fraction of sp³-hybridized carbons (Fsp3) is 0.296. The van der Waals surface area contributed by atoms with Crippen molar-refractivity contribution < 1.29 is 18.7 Å². The van der Waals surface area contributed by atoms with Crippen molar-refractivity contribution in [2.24, 2.45) is 11.8 Å². The number of hydrogen-bond donors (Lipinski definition) is 3. The zero-order valence-corrected chi connectivity index (χ0v) is 19.8. The maximum Gasteiger partial charge on any atom is 0.308 e. The first-order valence-electron chi connectivity index (χ1n) is 11.6. The number of anilines is 4. The molecule has 35 heavy (non-hydrogen) atoms. The van der Waals surface area contributed by atoms with Crippen molar-refractivity contribution in [3.8, 4) is 11.3 Å². The molecule has 1 amide bonds. The average Bonchev–Trinajstić information content (AvgIpc) is 2.89. The molecule has 4 rings (SSSR count). The predicted octanol–water partition coefficient (Wildman–Crippen LogP) is 5.44. The highest BCUT2D eigenvalue weighted by molar-refractivity contribution is 5.93. The van der Waals surface area contributed by atoms with Crippen LogP contribution in [0.3, 0.4) is 0 Å². The highest BCUT2D eigenvalue weighted by atomic mass is 19.1. The maximum absolute atomic E-state index is 15.2. The Morgan fingerprint density at radius 2 is 1.63 bits per heavy atom. The van der Waals surface area contributed by atoms with Gasteiger partial charge in [0.1, 0.15) is 0 Å². The molecule has 1 aromatic heterocycles. The van der Waals surface area contributed by atoms with E-state index in [1.165, 1.54) is 13.2 Å². The van der Waals surface area contributed by atoms with Crippen LogP contribution >= 0.6 is 0 Å². The van der Waals surface area contributed by atoms with Gasteiger partial charge in [0.2, 0.25) is 5.91 Å². The Bertz CT molecular complexity index is 1220. The molecular formula is C27H29FN4O3. The highest BCUT2D eigenvalue weighted by Crippen LogP contribution is 2.33. The van der Waals surface area contributed by atoms with Crippen LogP contribution < -0.4 is 16.4 Å². The Labute approximate surface area is 203 Å². The summed E-state index contributed by atoms with van der Waals surface area (Å²) in [5, 5.41) is 5.84. The zero-order valence-electron chi connectivity index (χ0n) is 19.8. The molecule has 4 N–H and O–H groups in total. The molecule has 1 saturated carbocycles. The lowest BCUT2D eigenvalue weighted by Crippen LogP contribution is -2.30. The van der Waals surface area contributed by atoms with E-state index in [1.54, 1.807) is 19.1 Å². The van der Waals surface area contributed by atoms with E-state index in [2.05, 4.69) is 15.6 Å². The Kier molecular flexibility index (Phi) is 7.29. The number of nitrogens with one attached hydrogen (secondary N) is 2. The van der Waals surface area contributed by atoms with Crippen molar-refractivity contribution in [1.29, 1.82) is 0 Å². The quantitative estimate of drug-likeness (QED) is 0.409. The number of nitrogens with zero attached hydrogens (tertiary/aromatic N) is 1. The number of pyridine rings is 1. The Balaban J connectivity index is 1.46. The van der Waals surface area contributed by atoms with E-state index in [1.807, 2.05) is 36.4 Å². The van der Waals surface area contributed by atoms with Crippen LogP contribution in [0.5, 0.6) is 0 Å². The molecule has 0 aliphatic heterocycles. The summed E-state index contributed by atoms with van der Waals surface area (Å²) in [6.45, 7) is 1.63. The van der Waals surface area contributed by atoms with E-state index in [0.29, 0.717) is 48.4 Å². The second-order valence-corrected chi connectivity index (χ2v) is 8.79. The molecule has 0 unspecified atom stereocenters. The first kappa shape index (κ1) is 24.2. The highest BCUT2D eigenvalue weighted by Gasteiger charge is 2.30. The lowest BCUT2D eigenvalue weighted by molar-refractivity contribution is -0.147. The molecule has 8 heteroatoms. The van der Waals surface area contributed by atoms with Crippen LogP contribution in [0, 0.1) is 24.6 Å². The van der Waals surface area contributed by atoms with Gasteiger partial charge in [-0.2, -0.15) is 0 Å². The number of esters is 1. The largest absolute Gasteiger partial charge is 0.469 e. The number of methoxy groups -OCH3 is 1. The summed E-state index contributed by atoms with van der Waals surface area (Å²) in [4.78, 5) is 29.0. The molecule has 0 spiro atoms. The summed E-state index contributed by atoms with van der Waals surface area (Å²) < 4.78 is 20.0. The van der Waals surface area contributed by atoms with E-state index in [0.717, 1.165) is 11.3 Å². The first-order chi connectivity index (χ1) is 16.9. The fourth-order valence-electron chi connectivity index (χ4n) is 4.38. The summed E-state index contributed by atoms with van der Waals surface area (Å²) in [5.41, 5.74) is 9.19. The molecule has 0 saturated heterocycles. The van der Waals surface area contributed by atoms with Gasteiger partial charge >= 0.3 is 5.97 Å². The third-order valence-electron chi connectivity index (χ3n) is 6.53. The standard InChI is InChI=1S/C27H29FN4O3/c1-16-21(30-25-20(29)12-13-22(31-25)17-6-4-3-5-7-17)14-15-23(24(16)28)32-26(33)18-8-10-19(11-9-18)27(34)35-2/h3-7,12-15,18-19H,8-11,29H2,1-2H3,(H,30,31)(H,32,33). The van der Waals surface area contributed by atoms with Crippen LogP contribution in [0.25, 0.3) is 11.3 Å². The molecule has 1 heterocycles. The van der Waals surface area contributed by atoms with Gasteiger partial charge in [-0.3, -0.25) is 9.59 Å². The normalized spacial score (nSPS) is 17.5. The second-order valence-electron chi connectivity index (χ2n) is 8.79. The van der Waals surface area contributed by atoms with Crippen molar-refractivity contribution in [1.82, 2.24) is 4.98 Å². The van der Waals surface area contributed by atoms with E-state index in [9.17, 15) is 9.59 Å². The zero-order chi connectivity index (χ0) is 24.9. The number of rotatable bonds is 6. The fourth-order valence-corrected chi connectivity index (χ4v) is 4.38. The monoisotopic (exact) mass is 476 g/mol. The van der Waals surface area contributed by atoms with Gasteiger partial charge < -0.3 is 21.1 Å². The van der Waals surface area contributed by atoms with E-state index >= 15 is 4.39 Å². The predicted molar refractivity (Wildman–Crippen MR) is 135 cm³/mol. The molecule has 2 aromatic carbocycles. The molecule has 1 aliphatic rings. The van der Waals surface area contributed by atoms with Crippen LogP contribution in [0.2, 0.25) is 0 Å². The van der Waals surface area contributed by atoms with Gasteiger partial charge in [0, 0.05) is 22.7 Å². The van der Waals surface area contributed by atoms with Crippen LogP contribution in [0.15, 0.2) is 54.6 Å². The van der Waals surface area contributed by atoms with Gasteiger partial charge in [0.15, 0.2) is 11.6 Å².